The van der Waals surface area contributed by atoms with Crippen LogP contribution in [0.3, 0.4) is 0 Å². The maximum absolute atomic E-state index is 13.8. The monoisotopic (exact) mass is 285 g/mol. The van der Waals surface area contributed by atoms with Gasteiger partial charge in [-0.15, -0.1) is 0 Å². The van der Waals surface area contributed by atoms with Crippen LogP contribution in [-0.4, -0.2) is 30.3 Å². The van der Waals surface area contributed by atoms with Gasteiger partial charge in [0.25, 0.3) is 0 Å². The van der Waals surface area contributed by atoms with E-state index in [0.717, 1.165) is 31.9 Å². The van der Waals surface area contributed by atoms with Crippen LogP contribution in [0.15, 0.2) is 6.07 Å². The second kappa shape index (κ2) is 6.35. The quantitative estimate of drug-likeness (QED) is 0.872. The van der Waals surface area contributed by atoms with Crippen molar-refractivity contribution in [3.63, 3.8) is 0 Å². The molecule has 1 aliphatic rings. The molecule has 1 fully saturated rings. The van der Waals surface area contributed by atoms with Crippen molar-refractivity contribution >= 4 is 11.6 Å². The van der Waals surface area contributed by atoms with Crippen LogP contribution >= 0.6 is 0 Å². The Morgan fingerprint density at radius 3 is 2.75 bits per heavy atom. The van der Waals surface area contributed by atoms with E-state index in [1.165, 1.54) is 0 Å². The second-order valence-corrected chi connectivity index (χ2v) is 5.42. The van der Waals surface area contributed by atoms with Crippen molar-refractivity contribution in [2.24, 2.45) is 0 Å². The standard InChI is InChI=1S/C14H21F2N3O/c1-3-6-17-12-10(15)8-11(16)13(18-12)19-14(2)5-4-7-20-9-14/h8H,3-7,9H2,1-2H3,(H2,17,18,19). The van der Waals surface area contributed by atoms with Gasteiger partial charge in [0.05, 0.1) is 12.1 Å². The average Bonchev–Trinajstić information content (AvgIpc) is 2.41. The molecule has 6 heteroatoms. The van der Waals surface area contributed by atoms with Gasteiger partial charge < -0.3 is 15.4 Å². The van der Waals surface area contributed by atoms with E-state index >= 15 is 0 Å². The molecule has 1 aliphatic heterocycles. The minimum Gasteiger partial charge on any atom is -0.379 e. The lowest BCUT2D eigenvalue weighted by Crippen LogP contribution is -2.43. The molecule has 0 aliphatic carbocycles. The molecule has 1 atom stereocenters. The minimum atomic E-state index is -0.684. The Balaban J connectivity index is 2.17. The van der Waals surface area contributed by atoms with Crippen LogP contribution in [-0.2, 0) is 4.74 Å². The smallest absolute Gasteiger partial charge is 0.168 e. The van der Waals surface area contributed by atoms with Gasteiger partial charge in [-0.05, 0) is 26.2 Å². The van der Waals surface area contributed by atoms with Crippen molar-refractivity contribution in [3.05, 3.63) is 17.7 Å². The summed E-state index contributed by atoms with van der Waals surface area (Å²) in [6.45, 7) is 5.72. The van der Waals surface area contributed by atoms with Gasteiger partial charge in [-0.2, -0.15) is 0 Å². The van der Waals surface area contributed by atoms with E-state index in [0.29, 0.717) is 13.2 Å². The number of halogens is 2. The molecule has 2 heterocycles. The molecule has 112 valence electrons. The van der Waals surface area contributed by atoms with Crippen LogP contribution in [0.5, 0.6) is 0 Å². The first-order chi connectivity index (χ1) is 9.54. The number of nitrogens with zero attached hydrogens (tertiary/aromatic N) is 1. The Morgan fingerprint density at radius 1 is 1.35 bits per heavy atom. The van der Waals surface area contributed by atoms with Crippen molar-refractivity contribution in [3.8, 4) is 0 Å². The lowest BCUT2D eigenvalue weighted by atomic mass is 9.95. The van der Waals surface area contributed by atoms with E-state index in [9.17, 15) is 8.78 Å². The average molecular weight is 285 g/mol. The number of hydrogen-bond donors (Lipinski definition) is 2. The van der Waals surface area contributed by atoms with Gasteiger partial charge in [0.1, 0.15) is 0 Å². The number of ether oxygens (including phenoxy) is 1. The maximum atomic E-state index is 13.8. The van der Waals surface area contributed by atoms with Crippen LogP contribution in [0.2, 0.25) is 0 Å². The van der Waals surface area contributed by atoms with Crippen molar-refractivity contribution in [1.29, 1.82) is 0 Å². The van der Waals surface area contributed by atoms with E-state index in [1.54, 1.807) is 0 Å². The predicted octanol–water partition coefficient (Wildman–Crippen LogP) is 3.16. The molecule has 0 spiro atoms. The molecule has 0 saturated carbocycles. The van der Waals surface area contributed by atoms with Crippen LogP contribution < -0.4 is 10.6 Å². The van der Waals surface area contributed by atoms with Gasteiger partial charge >= 0.3 is 0 Å². The molecule has 1 saturated heterocycles. The molecular formula is C14H21F2N3O. The summed E-state index contributed by atoms with van der Waals surface area (Å²) in [5.41, 5.74) is -0.369. The first-order valence-corrected chi connectivity index (χ1v) is 7.00. The fourth-order valence-electron chi connectivity index (χ4n) is 2.24. The molecule has 2 rings (SSSR count). The maximum Gasteiger partial charge on any atom is 0.168 e. The molecule has 0 radical (unpaired) electrons. The van der Waals surface area contributed by atoms with E-state index in [4.69, 9.17) is 4.74 Å². The van der Waals surface area contributed by atoms with Gasteiger partial charge in [0.15, 0.2) is 23.3 Å². The van der Waals surface area contributed by atoms with Crippen molar-refractivity contribution in [1.82, 2.24) is 4.98 Å². The molecule has 0 bridgehead atoms. The summed E-state index contributed by atoms with van der Waals surface area (Å²) < 4.78 is 32.9. The topological polar surface area (TPSA) is 46.2 Å². The van der Waals surface area contributed by atoms with Crippen LogP contribution in [0.1, 0.15) is 33.1 Å². The highest BCUT2D eigenvalue weighted by atomic mass is 19.1. The number of rotatable bonds is 5. The van der Waals surface area contributed by atoms with E-state index in [1.807, 2.05) is 13.8 Å². The van der Waals surface area contributed by atoms with Crippen LogP contribution in [0, 0.1) is 11.6 Å². The molecule has 1 aromatic rings. The van der Waals surface area contributed by atoms with Gasteiger partial charge in [0, 0.05) is 19.2 Å². The molecule has 1 unspecified atom stereocenters. The fraction of sp³-hybridized carbons (Fsp3) is 0.643. The largest absolute Gasteiger partial charge is 0.379 e. The van der Waals surface area contributed by atoms with E-state index < -0.39 is 11.6 Å². The zero-order valence-corrected chi connectivity index (χ0v) is 11.9. The highest BCUT2D eigenvalue weighted by Crippen LogP contribution is 2.26. The third-order valence-electron chi connectivity index (χ3n) is 3.33. The molecule has 20 heavy (non-hydrogen) atoms. The highest BCUT2D eigenvalue weighted by Gasteiger charge is 2.29. The molecule has 0 aromatic carbocycles. The van der Waals surface area contributed by atoms with Crippen molar-refractivity contribution in [2.45, 2.75) is 38.6 Å². The number of aromatic nitrogens is 1. The highest BCUT2D eigenvalue weighted by molar-refractivity contribution is 5.49. The molecule has 0 amide bonds. The van der Waals surface area contributed by atoms with Crippen molar-refractivity contribution < 1.29 is 13.5 Å². The summed E-state index contributed by atoms with van der Waals surface area (Å²) in [7, 11) is 0. The van der Waals surface area contributed by atoms with Gasteiger partial charge in [-0.1, -0.05) is 6.92 Å². The van der Waals surface area contributed by atoms with E-state index in [-0.39, 0.29) is 17.2 Å². The molecular weight excluding hydrogens is 264 g/mol. The summed E-state index contributed by atoms with van der Waals surface area (Å²) in [6.07, 6.45) is 2.61. The SMILES string of the molecule is CCCNc1nc(NC2(C)CCCOC2)c(F)cc1F. The molecule has 4 nitrogen and oxygen atoms in total. The summed E-state index contributed by atoms with van der Waals surface area (Å²) >= 11 is 0. The normalized spacial score (nSPS) is 22.6. The van der Waals surface area contributed by atoms with Crippen LogP contribution in [0.4, 0.5) is 20.4 Å². The number of anilines is 2. The Morgan fingerprint density at radius 2 is 2.10 bits per heavy atom. The summed E-state index contributed by atoms with van der Waals surface area (Å²) in [5.74, 6) is -1.21. The number of nitrogens with one attached hydrogen (secondary N) is 2. The summed E-state index contributed by atoms with van der Waals surface area (Å²) in [4.78, 5) is 4.02. The minimum absolute atomic E-state index is 0.0676. The Labute approximate surface area is 117 Å². The zero-order valence-electron chi connectivity index (χ0n) is 11.9. The number of pyridine rings is 1. The molecule has 1 aromatic heterocycles. The van der Waals surface area contributed by atoms with Gasteiger partial charge in [-0.25, -0.2) is 13.8 Å². The Bertz CT molecular complexity index is 462. The second-order valence-electron chi connectivity index (χ2n) is 5.42. The number of hydrogen-bond acceptors (Lipinski definition) is 4. The van der Waals surface area contributed by atoms with Gasteiger partial charge in [-0.3, -0.25) is 0 Å². The lowest BCUT2D eigenvalue weighted by molar-refractivity contribution is 0.0537. The third-order valence-corrected chi connectivity index (χ3v) is 3.33. The van der Waals surface area contributed by atoms with Crippen molar-refractivity contribution in [2.75, 3.05) is 30.4 Å². The van der Waals surface area contributed by atoms with E-state index in [2.05, 4.69) is 15.6 Å². The van der Waals surface area contributed by atoms with Gasteiger partial charge in [0.2, 0.25) is 0 Å². The molecule has 2 N–H and O–H groups in total. The Kier molecular flexibility index (Phi) is 4.75. The fourth-order valence-corrected chi connectivity index (χ4v) is 2.24. The Hall–Kier alpha value is -1.43. The predicted molar refractivity (Wildman–Crippen MR) is 75.0 cm³/mol. The summed E-state index contributed by atoms with van der Waals surface area (Å²) in [6, 6.07) is 0.861. The zero-order chi connectivity index (χ0) is 14.6. The first kappa shape index (κ1) is 15.0. The lowest BCUT2D eigenvalue weighted by Gasteiger charge is -2.34. The summed E-state index contributed by atoms with van der Waals surface area (Å²) in [5, 5.41) is 5.91. The van der Waals surface area contributed by atoms with Crippen LogP contribution in [0.25, 0.3) is 0 Å². The third kappa shape index (κ3) is 3.56. The first-order valence-electron chi connectivity index (χ1n) is 7.00.